The number of anilines is 1. The van der Waals surface area contributed by atoms with Crippen LogP contribution in [0.1, 0.15) is 6.92 Å². The summed E-state index contributed by atoms with van der Waals surface area (Å²) < 4.78 is 5.57. The number of rotatable bonds is 1. The van der Waals surface area contributed by atoms with Gasteiger partial charge in [-0.25, -0.2) is 0 Å². The molecule has 72 valence electrons. The van der Waals surface area contributed by atoms with Crippen molar-refractivity contribution in [3.63, 3.8) is 0 Å². The van der Waals surface area contributed by atoms with E-state index in [-0.39, 0.29) is 0 Å². The van der Waals surface area contributed by atoms with E-state index in [1.807, 2.05) is 18.2 Å². The third-order valence-corrected chi connectivity index (χ3v) is 2.68. The highest BCUT2D eigenvalue weighted by molar-refractivity contribution is 6.31. The Morgan fingerprint density at radius 1 is 1.57 bits per heavy atom. The topological polar surface area (TPSA) is 29.0 Å². The lowest BCUT2D eigenvalue weighted by Crippen LogP contribution is -1.94. The number of nitrogens with zero attached hydrogens (tertiary/aromatic N) is 2. The number of fused-ring (bicyclic) bond motifs is 1. The van der Waals surface area contributed by atoms with E-state index in [0.717, 1.165) is 17.6 Å². The Labute approximate surface area is 86.3 Å². The van der Waals surface area contributed by atoms with Gasteiger partial charge >= 0.3 is 0 Å². The first-order valence-corrected chi connectivity index (χ1v) is 4.94. The zero-order valence-corrected chi connectivity index (χ0v) is 8.45. The Bertz CT molecular complexity index is 494. The summed E-state index contributed by atoms with van der Waals surface area (Å²) in [6.07, 6.45) is 0. The number of hydrogen-bond acceptors (Lipinski definition) is 3. The third kappa shape index (κ3) is 1.16. The number of oxazole rings is 1. The Hall–Kier alpha value is -1.22. The van der Waals surface area contributed by atoms with E-state index in [0.29, 0.717) is 17.1 Å². The SMILES string of the molecule is CC1CN1c1nc2cc(Cl)ccc2o1. The van der Waals surface area contributed by atoms with Gasteiger partial charge in [-0.15, -0.1) is 0 Å². The van der Waals surface area contributed by atoms with Crippen LogP contribution in [0.3, 0.4) is 0 Å². The van der Waals surface area contributed by atoms with Crippen molar-refractivity contribution in [3.05, 3.63) is 23.2 Å². The summed E-state index contributed by atoms with van der Waals surface area (Å²) in [5.41, 5.74) is 1.62. The van der Waals surface area contributed by atoms with Crippen molar-refractivity contribution in [3.8, 4) is 0 Å². The average Bonchev–Trinajstić information content (AvgIpc) is 2.75. The quantitative estimate of drug-likeness (QED) is 0.675. The molecule has 1 atom stereocenters. The smallest absolute Gasteiger partial charge is 0.298 e. The molecule has 1 aromatic carbocycles. The van der Waals surface area contributed by atoms with Crippen molar-refractivity contribution in [2.24, 2.45) is 0 Å². The summed E-state index contributed by atoms with van der Waals surface area (Å²) in [5, 5.41) is 0.691. The van der Waals surface area contributed by atoms with E-state index >= 15 is 0 Å². The highest BCUT2D eigenvalue weighted by Crippen LogP contribution is 2.30. The summed E-state index contributed by atoms with van der Waals surface area (Å²) in [7, 11) is 0. The maximum atomic E-state index is 5.86. The predicted molar refractivity (Wildman–Crippen MR) is 55.8 cm³/mol. The van der Waals surface area contributed by atoms with Gasteiger partial charge in [-0.2, -0.15) is 4.98 Å². The summed E-state index contributed by atoms with van der Waals surface area (Å²) in [5.74, 6) is 0. The number of halogens is 1. The molecule has 1 aliphatic rings. The van der Waals surface area contributed by atoms with Crippen molar-refractivity contribution >= 4 is 28.7 Å². The van der Waals surface area contributed by atoms with Crippen LogP contribution in [0.4, 0.5) is 6.01 Å². The number of aromatic nitrogens is 1. The van der Waals surface area contributed by atoms with E-state index in [9.17, 15) is 0 Å². The minimum atomic E-state index is 0.554. The normalized spacial score (nSPS) is 20.4. The average molecular weight is 209 g/mol. The molecule has 2 heterocycles. The molecule has 0 amide bonds. The Balaban J connectivity index is 2.11. The molecular formula is C10H9ClN2O. The van der Waals surface area contributed by atoms with Crippen LogP contribution in [-0.4, -0.2) is 17.6 Å². The second-order valence-electron chi connectivity index (χ2n) is 3.61. The molecule has 1 saturated heterocycles. The van der Waals surface area contributed by atoms with Gasteiger partial charge in [-0.3, -0.25) is 0 Å². The molecule has 2 aromatic rings. The second kappa shape index (κ2) is 2.64. The molecule has 0 aliphatic carbocycles. The van der Waals surface area contributed by atoms with Gasteiger partial charge in [0.2, 0.25) is 0 Å². The van der Waals surface area contributed by atoms with Gasteiger partial charge in [0.05, 0.1) is 0 Å². The van der Waals surface area contributed by atoms with E-state index in [1.165, 1.54) is 0 Å². The van der Waals surface area contributed by atoms with Crippen LogP contribution >= 0.6 is 11.6 Å². The summed E-state index contributed by atoms with van der Waals surface area (Å²) >= 11 is 5.86. The summed E-state index contributed by atoms with van der Waals surface area (Å²) in [6.45, 7) is 3.17. The van der Waals surface area contributed by atoms with Crippen LogP contribution in [0.2, 0.25) is 5.02 Å². The van der Waals surface area contributed by atoms with Gasteiger partial charge < -0.3 is 9.32 Å². The molecule has 1 unspecified atom stereocenters. The summed E-state index contributed by atoms with van der Waals surface area (Å²) in [4.78, 5) is 6.47. The first kappa shape index (κ1) is 8.12. The van der Waals surface area contributed by atoms with Gasteiger partial charge in [0.15, 0.2) is 5.58 Å². The molecule has 14 heavy (non-hydrogen) atoms. The fourth-order valence-corrected chi connectivity index (χ4v) is 1.68. The first-order chi connectivity index (χ1) is 6.74. The Morgan fingerprint density at radius 3 is 3.07 bits per heavy atom. The molecule has 0 spiro atoms. The molecule has 3 nitrogen and oxygen atoms in total. The van der Waals surface area contributed by atoms with Gasteiger partial charge in [0.25, 0.3) is 6.01 Å². The van der Waals surface area contributed by atoms with Crippen molar-refractivity contribution in [1.29, 1.82) is 0 Å². The fourth-order valence-electron chi connectivity index (χ4n) is 1.52. The molecular weight excluding hydrogens is 200 g/mol. The molecule has 1 aliphatic heterocycles. The highest BCUT2D eigenvalue weighted by Gasteiger charge is 2.33. The minimum Gasteiger partial charge on any atom is -0.423 e. The van der Waals surface area contributed by atoms with E-state index in [1.54, 1.807) is 0 Å². The molecule has 1 aromatic heterocycles. The molecule has 1 fully saturated rings. The molecule has 4 heteroatoms. The van der Waals surface area contributed by atoms with Crippen LogP contribution in [0.15, 0.2) is 22.6 Å². The van der Waals surface area contributed by atoms with E-state index < -0.39 is 0 Å². The van der Waals surface area contributed by atoms with Gasteiger partial charge in [-0.05, 0) is 25.1 Å². The molecule has 0 saturated carbocycles. The van der Waals surface area contributed by atoms with Crippen molar-refractivity contribution in [2.75, 3.05) is 11.4 Å². The maximum absolute atomic E-state index is 5.86. The standard InChI is InChI=1S/C10H9ClN2O/c1-6-5-13(6)10-12-8-4-7(11)2-3-9(8)14-10/h2-4,6H,5H2,1H3. The lowest BCUT2D eigenvalue weighted by molar-refractivity contribution is 0.607. The van der Waals surface area contributed by atoms with Gasteiger partial charge in [0.1, 0.15) is 5.52 Å². The van der Waals surface area contributed by atoms with Crippen molar-refractivity contribution in [2.45, 2.75) is 13.0 Å². The molecule has 3 rings (SSSR count). The van der Waals surface area contributed by atoms with Crippen LogP contribution < -0.4 is 4.90 Å². The predicted octanol–water partition coefficient (Wildman–Crippen LogP) is 2.69. The van der Waals surface area contributed by atoms with Gasteiger partial charge in [0, 0.05) is 17.6 Å². The highest BCUT2D eigenvalue weighted by atomic mass is 35.5. The molecule has 0 bridgehead atoms. The lowest BCUT2D eigenvalue weighted by Gasteiger charge is -1.92. The third-order valence-electron chi connectivity index (χ3n) is 2.44. The monoisotopic (exact) mass is 208 g/mol. The van der Waals surface area contributed by atoms with Crippen LogP contribution in [0.5, 0.6) is 0 Å². The number of benzene rings is 1. The summed E-state index contributed by atoms with van der Waals surface area (Å²) in [6, 6.07) is 6.73. The second-order valence-corrected chi connectivity index (χ2v) is 4.05. The number of hydrogen-bond donors (Lipinski definition) is 0. The Morgan fingerprint density at radius 2 is 2.36 bits per heavy atom. The maximum Gasteiger partial charge on any atom is 0.298 e. The van der Waals surface area contributed by atoms with Crippen LogP contribution in [0.25, 0.3) is 11.1 Å². The van der Waals surface area contributed by atoms with Gasteiger partial charge in [-0.1, -0.05) is 11.6 Å². The Kier molecular flexibility index (Phi) is 1.53. The molecule has 0 radical (unpaired) electrons. The zero-order valence-electron chi connectivity index (χ0n) is 7.70. The first-order valence-electron chi connectivity index (χ1n) is 4.57. The zero-order chi connectivity index (χ0) is 9.71. The molecule has 0 N–H and O–H groups in total. The van der Waals surface area contributed by atoms with Crippen LogP contribution in [0, 0.1) is 0 Å². The van der Waals surface area contributed by atoms with Crippen molar-refractivity contribution < 1.29 is 4.42 Å². The van der Waals surface area contributed by atoms with E-state index in [4.69, 9.17) is 16.0 Å². The lowest BCUT2D eigenvalue weighted by atomic mass is 10.3. The van der Waals surface area contributed by atoms with Crippen molar-refractivity contribution in [1.82, 2.24) is 4.98 Å². The van der Waals surface area contributed by atoms with Crippen LogP contribution in [-0.2, 0) is 0 Å². The largest absolute Gasteiger partial charge is 0.423 e. The fraction of sp³-hybridized carbons (Fsp3) is 0.300. The minimum absolute atomic E-state index is 0.554. The van der Waals surface area contributed by atoms with E-state index in [2.05, 4.69) is 16.8 Å².